The molecule has 94 valence electrons. The molecule has 1 heterocycles. The van der Waals surface area contributed by atoms with E-state index < -0.39 is 0 Å². The number of pyridine rings is 1. The van der Waals surface area contributed by atoms with Crippen LogP contribution in [-0.2, 0) is 13.2 Å². The van der Waals surface area contributed by atoms with E-state index in [0.29, 0.717) is 19.0 Å². The number of rotatable bonds is 4. The molecule has 2 aromatic rings. The zero-order chi connectivity index (χ0) is 13.0. The molecule has 0 aliphatic carbocycles. The Morgan fingerprint density at radius 2 is 1.89 bits per heavy atom. The summed E-state index contributed by atoms with van der Waals surface area (Å²) in [6.45, 7) is 2.88. The van der Waals surface area contributed by atoms with Gasteiger partial charge in [0.05, 0.1) is 0 Å². The standard InChI is InChI=1S/C14H15ClN2O/c1-10-6-12(8-16)7-14(17-10)18-9-11-2-4-13(15)5-3-11/h2-7H,8-9,16H2,1H3. The number of aromatic nitrogens is 1. The monoisotopic (exact) mass is 262 g/mol. The van der Waals surface area contributed by atoms with E-state index in [1.165, 1.54) is 0 Å². The van der Waals surface area contributed by atoms with Gasteiger partial charge in [0.1, 0.15) is 6.61 Å². The third-order valence-electron chi connectivity index (χ3n) is 2.53. The Bertz CT molecular complexity index is 526. The fourth-order valence-electron chi connectivity index (χ4n) is 1.64. The van der Waals surface area contributed by atoms with Crippen LogP contribution in [0.5, 0.6) is 5.88 Å². The minimum Gasteiger partial charge on any atom is -0.473 e. The molecule has 2 rings (SSSR count). The zero-order valence-electron chi connectivity index (χ0n) is 10.2. The van der Waals surface area contributed by atoms with Crippen molar-refractivity contribution in [3.8, 4) is 5.88 Å². The summed E-state index contributed by atoms with van der Waals surface area (Å²) in [5.41, 5.74) is 8.59. The minimum absolute atomic E-state index is 0.470. The molecule has 3 nitrogen and oxygen atoms in total. The summed E-state index contributed by atoms with van der Waals surface area (Å²) in [5, 5.41) is 0.720. The van der Waals surface area contributed by atoms with Gasteiger partial charge >= 0.3 is 0 Å². The average molecular weight is 263 g/mol. The van der Waals surface area contributed by atoms with Gasteiger partial charge < -0.3 is 10.5 Å². The summed E-state index contributed by atoms with van der Waals surface area (Å²) >= 11 is 5.82. The Morgan fingerprint density at radius 3 is 2.56 bits per heavy atom. The number of halogens is 1. The Balaban J connectivity index is 2.05. The molecule has 1 aromatic heterocycles. The van der Waals surface area contributed by atoms with Gasteiger partial charge in [-0.3, -0.25) is 0 Å². The van der Waals surface area contributed by atoms with Crippen molar-refractivity contribution in [2.24, 2.45) is 5.73 Å². The molecule has 2 N–H and O–H groups in total. The lowest BCUT2D eigenvalue weighted by molar-refractivity contribution is 0.293. The van der Waals surface area contributed by atoms with Crippen LogP contribution in [0.1, 0.15) is 16.8 Å². The van der Waals surface area contributed by atoms with Gasteiger partial charge in [-0.1, -0.05) is 23.7 Å². The Kier molecular flexibility index (Phi) is 4.18. The fraction of sp³-hybridized carbons (Fsp3) is 0.214. The highest BCUT2D eigenvalue weighted by atomic mass is 35.5. The summed E-state index contributed by atoms with van der Waals surface area (Å²) in [4.78, 5) is 4.31. The minimum atomic E-state index is 0.470. The maximum atomic E-state index is 5.82. The number of nitrogens with two attached hydrogens (primary N) is 1. The van der Waals surface area contributed by atoms with Crippen LogP contribution in [0.15, 0.2) is 36.4 Å². The van der Waals surface area contributed by atoms with E-state index >= 15 is 0 Å². The van der Waals surface area contributed by atoms with Crippen LogP contribution in [-0.4, -0.2) is 4.98 Å². The van der Waals surface area contributed by atoms with Crippen LogP contribution >= 0.6 is 11.6 Å². The molecule has 0 saturated heterocycles. The van der Waals surface area contributed by atoms with Crippen molar-refractivity contribution in [3.05, 3.63) is 58.2 Å². The molecule has 1 aromatic carbocycles. The largest absolute Gasteiger partial charge is 0.473 e. The molecule has 4 heteroatoms. The lowest BCUT2D eigenvalue weighted by atomic mass is 10.2. The maximum Gasteiger partial charge on any atom is 0.214 e. The second kappa shape index (κ2) is 5.85. The summed E-state index contributed by atoms with van der Waals surface area (Å²) in [6.07, 6.45) is 0. The van der Waals surface area contributed by atoms with Gasteiger partial charge in [0.25, 0.3) is 0 Å². The van der Waals surface area contributed by atoms with E-state index in [0.717, 1.165) is 21.8 Å². The highest BCUT2D eigenvalue weighted by molar-refractivity contribution is 6.30. The van der Waals surface area contributed by atoms with Crippen LogP contribution < -0.4 is 10.5 Å². The van der Waals surface area contributed by atoms with Crippen molar-refractivity contribution in [1.29, 1.82) is 0 Å². The van der Waals surface area contributed by atoms with Gasteiger partial charge in [-0.15, -0.1) is 0 Å². The smallest absolute Gasteiger partial charge is 0.214 e. The molecule has 0 radical (unpaired) electrons. The van der Waals surface area contributed by atoms with Gasteiger partial charge in [0, 0.05) is 23.3 Å². The second-order valence-corrected chi connectivity index (χ2v) is 4.51. The molecule has 0 amide bonds. The first-order valence-corrected chi connectivity index (χ1v) is 6.10. The molecule has 0 aliphatic rings. The van der Waals surface area contributed by atoms with E-state index in [4.69, 9.17) is 22.1 Å². The number of aryl methyl sites for hydroxylation is 1. The molecule has 0 spiro atoms. The third kappa shape index (κ3) is 3.45. The van der Waals surface area contributed by atoms with E-state index in [2.05, 4.69) is 4.98 Å². The van der Waals surface area contributed by atoms with Crippen LogP contribution in [0, 0.1) is 6.92 Å². The molecule has 0 aliphatic heterocycles. The summed E-state index contributed by atoms with van der Waals surface area (Å²) in [7, 11) is 0. The second-order valence-electron chi connectivity index (χ2n) is 4.07. The molecule has 0 atom stereocenters. The molecule has 0 saturated carbocycles. The average Bonchev–Trinajstić information content (AvgIpc) is 2.37. The van der Waals surface area contributed by atoms with Crippen molar-refractivity contribution in [3.63, 3.8) is 0 Å². The van der Waals surface area contributed by atoms with E-state index in [1.54, 1.807) is 0 Å². The van der Waals surface area contributed by atoms with Crippen molar-refractivity contribution >= 4 is 11.6 Å². The fourth-order valence-corrected chi connectivity index (χ4v) is 1.76. The molecule has 0 bridgehead atoms. The van der Waals surface area contributed by atoms with Crippen molar-refractivity contribution in [2.45, 2.75) is 20.1 Å². The van der Waals surface area contributed by atoms with Crippen molar-refractivity contribution in [2.75, 3.05) is 0 Å². The van der Waals surface area contributed by atoms with Crippen LogP contribution in [0.4, 0.5) is 0 Å². The van der Waals surface area contributed by atoms with E-state index in [1.807, 2.05) is 43.3 Å². The van der Waals surface area contributed by atoms with Gasteiger partial charge in [-0.2, -0.15) is 0 Å². The van der Waals surface area contributed by atoms with E-state index in [9.17, 15) is 0 Å². The van der Waals surface area contributed by atoms with Crippen LogP contribution in [0.3, 0.4) is 0 Å². The zero-order valence-corrected chi connectivity index (χ0v) is 10.9. The lowest BCUT2D eigenvalue weighted by Gasteiger charge is -2.08. The SMILES string of the molecule is Cc1cc(CN)cc(OCc2ccc(Cl)cc2)n1. The van der Waals surface area contributed by atoms with Crippen molar-refractivity contribution in [1.82, 2.24) is 4.98 Å². The summed E-state index contributed by atoms with van der Waals surface area (Å²) in [5.74, 6) is 0.602. The van der Waals surface area contributed by atoms with Gasteiger partial charge in [0.15, 0.2) is 0 Å². The molecular formula is C14H15ClN2O. The Labute approximate surface area is 112 Å². The van der Waals surface area contributed by atoms with Gasteiger partial charge in [-0.25, -0.2) is 4.98 Å². The first kappa shape index (κ1) is 12.9. The first-order chi connectivity index (χ1) is 8.67. The number of benzene rings is 1. The molecule has 0 fully saturated rings. The first-order valence-electron chi connectivity index (χ1n) is 5.72. The normalized spacial score (nSPS) is 10.4. The number of hydrogen-bond acceptors (Lipinski definition) is 3. The number of hydrogen-bond donors (Lipinski definition) is 1. The number of ether oxygens (including phenoxy) is 1. The van der Waals surface area contributed by atoms with Crippen molar-refractivity contribution < 1.29 is 4.74 Å². The van der Waals surface area contributed by atoms with Gasteiger partial charge in [0.2, 0.25) is 5.88 Å². The van der Waals surface area contributed by atoms with E-state index in [-0.39, 0.29) is 0 Å². The predicted octanol–water partition coefficient (Wildman–Crippen LogP) is 3.08. The topological polar surface area (TPSA) is 48.1 Å². The Hall–Kier alpha value is -1.58. The Morgan fingerprint density at radius 1 is 1.17 bits per heavy atom. The highest BCUT2D eigenvalue weighted by Gasteiger charge is 2.01. The number of nitrogens with zero attached hydrogens (tertiary/aromatic N) is 1. The maximum absolute atomic E-state index is 5.82. The highest BCUT2D eigenvalue weighted by Crippen LogP contribution is 2.15. The summed E-state index contributed by atoms with van der Waals surface area (Å²) in [6, 6.07) is 11.4. The quantitative estimate of drug-likeness (QED) is 0.921. The lowest BCUT2D eigenvalue weighted by Crippen LogP contribution is -2.02. The third-order valence-corrected chi connectivity index (χ3v) is 2.78. The molecule has 0 unspecified atom stereocenters. The van der Waals surface area contributed by atoms with Crippen LogP contribution in [0.25, 0.3) is 0 Å². The predicted molar refractivity (Wildman–Crippen MR) is 72.6 cm³/mol. The van der Waals surface area contributed by atoms with Crippen LogP contribution in [0.2, 0.25) is 5.02 Å². The van der Waals surface area contributed by atoms with Gasteiger partial charge in [-0.05, 0) is 36.2 Å². The summed E-state index contributed by atoms with van der Waals surface area (Å²) < 4.78 is 5.65. The molecule has 18 heavy (non-hydrogen) atoms. The molecular weight excluding hydrogens is 248 g/mol.